The maximum Gasteiger partial charge on any atom is 0.197 e. The number of pyridine rings is 2. The molecule has 3 aromatic carbocycles. The first kappa shape index (κ1) is 17.5. The summed E-state index contributed by atoms with van der Waals surface area (Å²) in [6.07, 6.45) is 0.785. The fourth-order valence-electron chi connectivity index (χ4n) is 4.24. The topological polar surface area (TPSA) is 69.0 Å². The van der Waals surface area contributed by atoms with E-state index in [1.807, 2.05) is 68.4 Å². The Kier molecular flexibility index (Phi) is 3.74. The van der Waals surface area contributed by atoms with Gasteiger partial charge in [-0.3, -0.25) is 9.59 Å². The van der Waals surface area contributed by atoms with Crippen LogP contribution >= 0.6 is 0 Å². The van der Waals surface area contributed by atoms with Gasteiger partial charge in [0, 0.05) is 35.6 Å². The summed E-state index contributed by atoms with van der Waals surface area (Å²) in [5.74, 6) is 0. The summed E-state index contributed by atoms with van der Waals surface area (Å²) in [7, 11) is 3.89. The molecule has 2 aromatic heterocycles. The molecule has 0 fully saturated rings. The van der Waals surface area contributed by atoms with Crippen molar-refractivity contribution in [3.63, 3.8) is 0 Å². The molecule has 0 saturated carbocycles. The van der Waals surface area contributed by atoms with Crippen molar-refractivity contribution in [1.29, 1.82) is 0 Å². The molecule has 5 nitrogen and oxygen atoms in total. The van der Waals surface area contributed by atoms with Crippen LogP contribution in [0.3, 0.4) is 0 Å². The number of fused-ring (bicyclic) bond motifs is 4. The zero-order chi connectivity index (χ0) is 20.3. The number of para-hydroxylation sites is 1. The average molecular weight is 383 g/mol. The maximum absolute atomic E-state index is 13.3. The van der Waals surface area contributed by atoms with E-state index in [0.29, 0.717) is 27.2 Å². The van der Waals surface area contributed by atoms with E-state index in [-0.39, 0.29) is 10.9 Å². The lowest BCUT2D eigenvalue weighted by Gasteiger charge is -2.16. The molecule has 0 aliphatic carbocycles. The van der Waals surface area contributed by atoms with E-state index in [9.17, 15) is 9.59 Å². The Morgan fingerprint density at radius 2 is 1.48 bits per heavy atom. The first-order valence-electron chi connectivity index (χ1n) is 9.73. The van der Waals surface area contributed by atoms with Crippen molar-refractivity contribution in [1.82, 2.24) is 9.97 Å². The molecule has 0 radical (unpaired) electrons. The molecule has 5 rings (SSSR count). The van der Waals surface area contributed by atoms with Gasteiger partial charge in [0.2, 0.25) is 0 Å². The highest BCUT2D eigenvalue weighted by molar-refractivity contribution is 6.05. The van der Waals surface area contributed by atoms with Crippen molar-refractivity contribution in [2.24, 2.45) is 0 Å². The molecule has 5 heteroatoms. The normalized spacial score (nSPS) is 11.7. The monoisotopic (exact) mass is 383 g/mol. The molecule has 5 aromatic rings. The summed E-state index contributed by atoms with van der Waals surface area (Å²) in [6.45, 7) is 2.05. The van der Waals surface area contributed by atoms with Gasteiger partial charge in [-0.25, -0.2) is 0 Å². The van der Waals surface area contributed by atoms with Gasteiger partial charge in [0.05, 0.1) is 27.8 Å². The van der Waals surface area contributed by atoms with Crippen LogP contribution in [0.5, 0.6) is 0 Å². The highest BCUT2D eigenvalue weighted by Gasteiger charge is 2.14. The van der Waals surface area contributed by atoms with E-state index in [0.717, 1.165) is 34.1 Å². The standard InChI is InChI=1S/C24H21N3O2/c1-4-13-7-5-9-17-21(13)24(29)16-12-19-15(11-18(16)25-17)23(28)14-8-6-10-20(27(2)3)22(14)26-19/h5-12H,4H2,1-3H3,(H,25,29)(H,26,28). The van der Waals surface area contributed by atoms with Gasteiger partial charge in [-0.1, -0.05) is 25.1 Å². The lowest BCUT2D eigenvalue weighted by atomic mass is 10.0. The summed E-state index contributed by atoms with van der Waals surface area (Å²) in [6, 6.07) is 15.2. The second kappa shape index (κ2) is 6.21. The van der Waals surface area contributed by atoms with E-state index >= 15 is 0 Å². The number of nitrogens with one attached hydrogen (secondary N) is 2. The van der Waals surface area contributed by atoms with Crippen molar-refractivity contribution < 1.29 is 0 Å². The predicted octanol–water partition coefficient (Wildman–Crippen LogP) is 4.30. The van der Waals surface area contributed by atoms with E-state index in [1.165, 1.54) is 0 Å². The molecule has 0 atom stereocenters. The van der Waals surface area contributed by atoms with Crippen LogP contribution in [0.25, 0.3) is 43.6 Å². The van der Waals surface area contributed by atoms with Crippen LogP contribution in [0.15, 0.2) is 58.1 Å². The minimum atomic E-state index is -0.0393. The van der Waals surface area contributed by atoms with Crippen molar-refractivity contribution >= 4 is 49.3 Å². The van der Waals surface area contributed by atoms with Gasteiger partial charge in [-0.2, -0.15) is 0 Å². The van der Waals surface area contributed by atoms with Crippen LogP contribution < -0.4 is 15.8 Å². The molecule has 0 spiro atoms. The molecule has 0 unspecified atom stereocenters. The van der Waals surface area contributed by atoms with Gasteiger partial charge < -0.3 is 14.9 Å². The largest absolute Gasteiger partial charge is 0.376 e. The molecule has 0 aliphatic rings. The highest BCUT2D eigenvalue weighted by atomic mass is 16.1. The van der Waals surface area contributed by atoms with Crippen molar-refractivity contribution in [3.05, 3.63) is 74.5 Å². The Hall–Kier alpha value is -3.60. The Morgan fingerprint density at radius 3 is 2.21 bits per heavy atom. The van der Waals surface area contributed by atoms with E-state index in [4.69, 9.17) is 0 Å². The van der Waals surface area contributed by atoms with Gasteiger partial charge in [-0.05, 0) is 42.3 Å². The third-order valence-electron chi connectivity index (χ3n) is 5.70. The molecule has 0 amide bonds. The molecular formula is C24H21N3O2. The average Bonchev–Trinajstić information content (AvgIpc) is 2.72. The highest BCUT2D eigenvalue weighted by Crippen LogP contribution is 2.26. The molecule has 2 N–H and O–H groups in total. The van der Waals surface area contributed by atoms with Crippen molar-refractivity contribution in [2.45, 2.75) is 13.3 Å². The number of rotatable bonds is 2. The number of aryl methyl sites for hydroxylation is 1. The third-order valence-corrected chi connectivity index (χ3v) is 5.70. The molecule has 0 bridgehead atoms. The van der Waals surface area contributed by atoms with Crippen LogP contribution in [0, 0.1) is 0 Å². The minimum Gasteiger partial charge on any atom is -0.376 e. The summed E-state index contributed by atoms with van der Waals surface area (Å²) in [5, 5.41) is 2.52. The smallest absolute Gasteiger partial charge is 0.197 e. The first-order chi connectivity index (χ1) is 14.0. The Balaban J connectivity index is 1.98. The van der Waals surface area contributed by atoms with Gasteiger partial charge in [0.1, 0.15) is 0 Å². The number of anilines is 1. The lowest BCUT2D eigenvalue weighted by Crippen LogP contribution is -2.13. The molecule has 0 aliphatic heterocycles. The fourth-order valence-corrected chi connectivity index (χ4v) is 4.24. The third kappa shape index (κ3) is 2.47. The zero-order valence-electron chi connectivity index (χ0n) is 16.6. The van der Waals surface area contributed by atoms with Crippen LogP contribution in [-0.2, 0) is 6.42 Å². The molecule has 29 heavy (non-hydrogen) atoms. The van der Waals surface area contributed by atoms with Crippen LogP contribution in [-0.4, -0.2) is 24.1 Å². The van der Waals surface area contributed by atoms with Crippen LogP contribution in [0.4, 0.5) is 5.69 Å². The van der Waals surface area contributed by atoms with E-state index in [2.05, 4.69) is 9.97 Å². The Morgan fingerprint density at radius 1 is 0.793 bits per heavy atom. The minimum absolute atomic E-state index is 0.00468. The summed E-state index contributed by atoms with van der Waals surface area (Å²) in [4.78, 5) is 35.3. The van der Waals surface area contributed by atoms with Gasteiger partial charge in [-0.15, -0.1) is 0 Å². The second-order valence-corrected chi connectivity index (χ2v) is 7.64. The SMILES string of the molecule is CCc1cccc2[nH]c3cc4c(=O)c5cccc(N(C)C)c5[nH]c4cc3c(=O)c12. The van der Waals surface area contributed by atoms with Crippen molar-refractivity contribution in [2.75, 3.05) is 19.0 Å². The van der Waals surface area contributed by atoms with Gasteiger partial charge >= 0.3 is 0 Å². The number of aromatic amines is 2. The number of benzene rings is 3. The number of H-pyrrole nitrogens is 2. The second-order valence-electron chi connectivity index (χ2n) is 7.64. The summed E-state index contributed by atoms with van der Waals surface area (Å²) < 4.78 is 0. The Bertz CT molecular complexity index is 1560. The van der Waals surface area contributed by atoms with E-state index < -0.39 is 0 Å². The van der Waals surface area contributed by atoms with Gasteiger partial charge in [0.25, 0.3) is 0 Å². The number of hydrogen-bond acceptors (Lipinski definition) is 3. The van der Waals surface area contributed by atoms with E-state index in [1.54, 1.807) is 6.07 Å². The Labute approximate surface area is 166 Å². The predicted molar refractivity (Wildman–Crippen MR) is 121 cm³/mol. The summed E-state index contributed by atoms with van der Waals surface area (Å²) >= 11 is 0. The van der Waals surface area contributed by atoms with Crippen LogP contribution in [0.2, 0.25) is 0 Å². The van der Waals surface area contributed by atoms with Crippen LogP contribution in [0.1, 0.15) is 12.5 Å². The van der Waals surface area contributed by atoms with Gasteiger partial charge in [0.15, 0.2) is 10.9 Å². The fraction of sp³-hybridized carbons (Fsp3) is 0.167. The quantitative estimate of drug-likeness (QED) is 0.447. The van der Waals surface area contributed by atoms with Crippen molar-refractivity contribution in [3.8, 4) is 0 Å². The molecule has 144 valence electrons. The molecule has 2 heterocycles. The number of aromatic nitrogens is 2. The molecule has 0 saturated heterocycles. The number of hydrogen-bond donors (Lipinski definition) is 2. The maximum atomic E-state index is 13.3. The number of nitrogens with zero attached hydrogens (tertiary/aromatic N) is 1. The zero-order valence-corrected chi connectivity index (χ0v) is 16.6. The molecular weight excluding hydrogens is 362 g/mol. The lowest BCUT2D eigenvalue weighted by molar-refractivity contribution is 1.14. The first-order valence-corrected chi connectivity index (χ1v) is 9.73. The summed E-state index contributed by atoms with van der Waals surface area (Å²) in [5.41, 5.74) is 4.83.